The van der Waals surface area contributed by atoms with E-state index in [-0.39, 0.29) is 107 Å². The molecule has 0 radical (unpaired) electrons. The molecule has 3 saturated heterocycles. The fourth-order valence-electron chi connectivity index (χ4n) is 14.1. The number of aliphatic hydroxyl groups excluding tert-OH is 2. The lowest BCUT2D eigenvalue weighted by molar-refractivity contribution is -0.146. The molecule has 9 heterocycles. The van der Waals surface area contributed by atoms with E-state index in [1.807, 2.05) is 84.9 Å². The number of ether oxygens (including phenoxy) is 1. The van der Waals surface area contributed by atoms with E-state index in [0.717, 1.165) is 68.3 Å². The van der Waals surface area contributed by atoms with Gasteiger partial charge in [-0.1, -0.05) is 65.0 Å². The number of rotatable bonds is 13. The van der Waals surface area contributed by atoms with Crippen LogP contribution in [0.3, 0.4) is 0 Å². The Hall–Kier alpha value is -11.2. The maximum absolute atomic E-state index is 13.9. The molecule has 3 fully saturated rings. The van der Waals surface area contributed by atoms with E-state index >= 15 is 0 Å². The summed E-state index contributed by atoms with van der Waals surface area (Å²) in [4.78, 5) is 98.9. The van der Waals surface area contributed by atoms with Crippen LogP contribution in [0.4, 0.5) is 44.3 Å². The van der Waals surface area contributed by atoms with E-state index in [2.05, 4.69) is 30.2 Å². The Labute approximate surface area is 651 Å². The normalized spacial score (nSPS) is 17.8. The molecule has 3 aliphatic rings. The molecule has 2 N–H and O–H groups in total. The summed E-state index contributed by atoms with van der Waals surface area (Å²) in [5.74, 6) is -3.77. The number of carbonyl (C=O) groups excluding carboxylic acids is 6. The van der Waals surface area contributed by atoms with E-state index in [0.29, 0.717) is 63.2 Å². The molecule has 0 aliphatic carbocycles. The fourth-order valence-corrected chi connectivity index (χ4v) is 14.1. The summed E-state index contributed by atoms with van der Waals surface area (Å²) >= 11 is 0. The van der Waals surface area contributed by atoms with Gasteiger partial charge in [0.2, 0.25) is 0 Å². The molecule has 4 aromatic carbocycles. The average Bonchev–Trinajstić information content (AvgIpc) is 1.52. The molecule has 5 amide bonds. The first-order valence-corrected chi connectivity index (χ1v) is 37.3. The summed E-state index contributed by atoms with van der Waals surface area (Å²) in [6, 6.07) is 27.6. The highest BCUT2D eigenvalue weighted by atomic mass is 19.4. The largest absolute Gasteiger partial charge is 0.444 e. The molecule has 0 saturated carbocycles. The van der Waals surface area contributed by atoms with Crippen molar-refractivity contribution in [2.24, 2.45) is 11.3 Å². The zero-order valence-electron chi connectivity index (χ0n) is 64.7. The Bertz CT molecular complexity index is 5160. The number of nitrogens with zero attached hydrogens (tertiary/aromatic N) is 14. The number of hydrogen-bond acceptors (Lipinski definition) is 15. The van der Waals surface area contributed by atoms with Crippen molar-refractivity contribution in [2.45, 2.75) is 162 Å². The number of amides is 5. The van der Waals surface area contributed by atoms with Crippen LogP contribution in [0, 0.1) is 28.8 Å². The lowest BCUT2D eigenvalue weighted by atomic mass is 9.88. The van der Waals surface area contributed by atoms with Crippen molar-refractivity contribution in [1.29, 1.82) is 0 Å². The first kappa shape index (κ1) is 83.8. The van der Waals surface area contributed by atoms with Crippen molar-refractivity contribution in [3.05, 3.63) is 197 Å². The Morgan fingerprint density at radius 3 is 1.34 bits per heavy atom. The van der Waals surface area contributed by atoms with Crippen LogP contribution in [-0.4, -0.2) is 196 Å². The number of fused-ring (bicyclic) bond motifs is 3. The number of halogens is 9. The first-order valence-electron chi connectivity index (χ1n) is 37.3. The number of piperazine rings is 2. The third-order valence-corrected chi connectivity index (χ3v) is 19.8. The summed E-state index contributed by atoms with van der Waals surface area (Å²) in [5, 5.41) is 34.0. The predicted octanol–water partition coefficient (Wildman–Crippen LogP) is 14.1. The SMILES string of the molecule is CC(C)c1cc(-c2ccc(F)cc2)nn2cc(C(=O)N3CCN(C(=O)C(O)CC(C)(C)C)[C@@H](C)C3)nc12.CC1CC(C(=O)c2cn3nc(-c4ccc(F)cc4)cc(C(F)(F)F)c3n2)CCCN1C(=O)OC(C)(C)C.C[C@H]1CN(C(=O)c2cn3nc(-c4ccc(F)cc4)cc(C(F)(F)F)c3n2)CCN1C(=O)C(O)Cc1ccccc1. The van der Waals surface area contributed by atoms with Gasteiger partial charge in [-0.3, -0.25) is 24.0 Å². The molecule has 13 rings (SSSR count). The lowest BCUT2D eigenvalue weighted by Crippen LogP contribution is -2.57. The van der Waals surface area contributed by atoms with Gasteiger partial charge < -0.3 is 39.4 Å². The highest BCUT2D eigenvalue weighted by molar-refractivity contribution is 5.97. The van der Waals surface area contributed by atoms with Crippen molar-refractivity contribution < 1.29 is 83.2 Å². The molecule has 4 unspecified atom stereocenters. The van der Waals surface area contributed by atoms with Crippen LogP contribution in [0.2, 0.25) is 0 Å². The van der Waals surface area contributed by atoms with Gasteiger partial charge >= 0.3 is 18.4 Å². The molecule has 114 heavy (non-hydrogen) atoms. The van der Waals surface area contributed by atoms with Gasteiger partial charge in [-0.2, -0.15) is 41.6 Å². The third kappa shape index (κ3) is 19.9. The van der Waals surface area contributed by atoms with Crippen molar-refractivity contribution in [3.63, 3.8) is 0 Å². The van der Waals surface area contributed by atoms with Gasteiger partial charge in [0.25, 0.3) is 23.6 Å². The zero-order chi connectivity index (χ0) is 82.8. The number of carbonyl (C=O) groups is 6. The number of alkyl halides is 6. The number of imidazole rings is 3. The molecular formula is C82H89F9N14O9. The second-order valence-electron chi connectivity index (χ2n) is 31.4. The molecule has 0 spiro atoms. The smallest absolute Gasteiger partial charge is 0.420 e. The van der Waals surface area contributed by atoms with Crippen LogP contribution in [-0.2, 0) is 33.1 Å². The van der Waals surface area contributed by atoms with Crippen LogP contribution >= 0.6 is 0 Å². The number of aromatic nitrogens is 9. The average molecular weight is 1590 g/mol. The molecule has 32 heteroatoms. The molecular weight excluding hydrogens is 1500 g/mol. The molecule has 10 aromatic rings. The van der Waals surface area contributed by atoms with Crippen molar-refractivity contribution in [1.82, 2.24) is 68.3 Å². The molecule has 6 atom stereocenters. The molecule has 23 nitrogen and oxygen atoms in total. The highest BCUT2D eigenvalue weighted by Gasteiger charge is 2.41. The molecule has 604 valence electrons. The quantitative estimate of drug-likeness (QED) is 0.0803. The number of hydrogen-bond donors (Lipinski definition) is 2. The standard InChI is InChI=1S/C28H25F4N5O3.C28H36FN5O3.C26H28F4N4O3/c1-17-15-35(11-12-36(17)27(40)24(38)13-18-5-3-2-4-6-18)26(39)23-16-37-25(33-23)21(28(30,31)32)14-22(34-37)19-7-9-20(29)10-8-19;1-17(2)21-13-22(19-7-9-20(29)10-8-19)31-34-16-23(30-25(21)34)26(36)32-11-12-33(18(3)15-32)27(37)24(35)14-28(4,5)6;1-15-12-17(6-5-11-33(15)24(36)37-25(2,3)4)22(35)21-14-34-23(31-21)19(26(28,29)30)13-20(32-34)16-7-9-18(27)10-8-16/h2-10,14,16-17,24,38H,11-13,15H2,1H3;7-10,13,16-18,24,35H,11-12,14-15H2,1-6H3;7-10,13-15,17H,5-6,11-12H2,1-4H3/t17-,24?;18-,24?;/m00./s1. The number of likely N-dealkylation sites (tertiary alicyclic amines) is 1. The zero-order valence-corrected chi connectivity index (χ0v) is 64.7. The summed E-state index contributed by atoms with van der Waals surface area (Å²) in [5.41, 5.74) is 0.184. The van der Waals surface area contributed by atoms with Crippen LogP contribution in [0.15, 0.2) is 140 Å². The number of aliphatic hydroxyl groups is 2. The first-order chi connectivity index (χ1) is 53.6. The monoisotopic (exact) mass is 1580 g/mol. The van der Waals surface area contributed by atoms with Gasteiger partial charge in [0, 0.05) is 98.5 Å². The van der Waals surface area contributed by atoms with Gasteiger partial charge in [0.05, 0.1) is 35.7 Å². The van der Waals surface area contributed by atoms with Crippen LogP contribution < -0.4 is 0 Å². The second-order valence-corrected chi connectivity index (χ2v) is 31.4. The van der Waals surface area contributed by atoms with Crippen molar-refractivity contribution in [3.8, 4) is 33.8 Å². The minimum absolute atomic E-state index is 0.0349. The van der Waals surface area contributed by atoms with E-state index in [1.165, 1.54) is 52.4 Å². The van der Waals surface area contributed by atoms with E-state index in [4.69, 9.17) is 4.74 Å². The minimum atomic E-state index is -4.79. The van der Waals surface area contributed by atoms with E-state index < -0.39 is 99.9 Å². The summed E-state index contributed by atoms with van der Waals surface area (Å²) in [7, 11) is 0. The van der Waals surface area contributed by atoms with Gasteiger partial charge in [-0.15, -0.1) is 0 Å². The third-order valence-electron chi connectivity index (χ3n) is 19.8. The Balaban J connectivity index is 0.000000169. The van der Waals surface area contributed by atoms with E-state index in [9.17, 15) is 78.5 Å². The fraction of sp³-hybridized carbons (Fsp3) is 0.415. The second kappa shape index (κ2) is 33.9. The summed E-state index contributed by atoms with van der Waals surface area (Å²) in [6.45, 7) is 22.6. The molecule has 0 bridgehead atoms. The van der Waals surface area contributed by atoms with E-state index in [1.54, 1.807) is 65.2 Å². The van der Waals surface area contributed by atoms with Gasteiger partial charge in [-0.05, 0) is 175 Å². The molecule has 3 aliphatic heterocycles. The van der Waals surface area contributed by atoms with Crippen LogP contribution in [0.5, 0.6) is 0 Å². The Morgan fingerprint density at radius 2 is 0.921 bits per heavy atom. The van der Waals surface area contributed by atoms with Gasteiger partial charge in [-0.25, -0.2) is 46.5 Å². The number of Topliss-reactive ketones (excluding diaryl/α,β-unsaturated/α-hetero) is 1. The van der Waals surface area contributed by atoms with Crippen LogP contribution in [0.1, 0.15) is 161 Å². The predicted molar refractivity (Wildman–Crippen MR) is 404 cm³/mol. The van der Waals surface area contributed by atoms with Crippen molar-refractivity contribution >= 4 is 52.4 Å². The maximum Gasteiger partial charge on any atom is 0.420 e. The highest BCUT2D eigenvalue weighted by Crippen LogP contribution is 2.38. The van der Waals surface area contributed by atoms with Crippen molar-refractivity contribution in [2.75, 3.05) is 45.8 Å². The van der Waals surface area contributed by atoms with Gasteiger partial charge in [0.1, 0.15) is 63.5 Å². The molecule has 6 aromatic heterocycles. The Morgan fingerprint density at radius 1 is 0.509 bits per heavy atom. The number of ketones is 1. The Kier molecular flexibility index (Phi) is 24.9. The topological polar surface area (TPSA) is 259 Å². The van der Waals surface area contributed by atoms with Crippen LogP contribution in [0.25, 0.3) is 50.7 Å². The summed E-state index contributed by atoms with van der Waals surface area (Å²) < 4.78 is 132. The summed E-state index contributed by atoms with van der Waals surface area (Å²) in [6.07, 6.45) is -6.50. The lowest BCUT2D eigenvalue weighted by Gasteiger charge is -2.40. The minimum Gasteiger partial charge on any atom is -0.444 e. The van der Waals surface area contributed by atoms with Gasteiger partial charge in [0.15, 0.2) is 22.7 Å². The maximum atomic E-state index is 13.9. The number of benzene rings is 4.